The molecule has 0 aromatic heterocycles. The molecule has 0 bridgehead atoms. The van der Waals surface area contributed by atoms with Crippen molar-refractivity contribution >= 4 is 12.0 Å². The number of nitrogens with zero attached hydrogens (tertiary/aromatic N) is 2. The summed E-state index contributed by atoms with van der Waals surface area (Å²) in [5.74, 6) is 1.05. The number of Topliss-reactive ketones (excluding diaryl/α,β-unsaturated/α-hetero) is 1. The molecular weight excluding hydrogens is 616 g/mol. The van der Waals surface area contributed by atoms with Crippen LogP contribution in [0.5, 0.6) is 11.5 Å². The van der Waals surface area contributed by atoms with Crippen LogP contribution in [0.4, 0.5) is 0 Å². The normalized spacial score (nSPS) is 20.2. The maximum atomic E-state index is 12.7. The van der Waals surface area contributed by atoms with Crippen molar-refractivity contribution in [3.63, 3.8) is 0 Å². The topological polar surface area (TPSA) is 155 Å². The summed E-state index contributed by atoms with van der Waals surface area (Å²) in [6, 6.07) is 13.5. The molecule has 9 nitrogen and oxygen atoms in total. The number of hydrogen-bond donors (Lipinski definition) is 5. The maximum absolute atomic E-state index is 12.7. The average molecular weight is 671 g/mol. The van der Waals surface area contributed by atoms with E-state index in [1.807, 2.05) is 24.5 Å². The van der Waals surface area contributed by atoms with Gasteiger partial charge in [0.05, 0.1) is 24.1 Å². The molecule has 2 atom stereocenters. The van der Waals surface area contributed by atoms with Crippen molar-refractivity contribution < 1.29 is 24.9 Å². The zero-order valence-corrected chi connectivity index (χ0v) is 28.7. The van der Waals surface area contributed by atoms with Crippen LogP contribution in [-0.4, -0.2) is 57.7 Å². The van der Waals surface area contributed by atoms with Gasteiger partial charge in [-0.15, -0.1) is 0 Å². The van der Waals surface area contributed by atoms with Crippen molar-refractivity contribution in [3.05, 3.63) is 82.2 Å². The third-order valence-corrected chi connectivity index (χ3v) is 11.2. The van der Waals surface area contributed by atoms with Crippen molar-refractivity contribution in [3.8, 4) is 11.5 Å². The number of hydrogen-bond acceptors (Lipinski definition) is 9. The first-order valence-corrected chi connectivity index (χ1v) is 18.4. The predicted octanol–water partition coefficient (Wildman–Crippen LogP) is 6.06. The van der Waals surface area contributed by atoms with Gasteiger partial charge in [-0.1, -0.05) is 75.3 Å². The Hall–Kier alpha value is -3.50. The number of rotatable bonds is 16. The maximum Gasteiger partial charge on any atom is 0.163 e. The lowest BCUT2D eigenvalue weighted by molar-refractivity contribution is -0.121. The van der Waals surface area contributed by atoms with Crippen molar-refractivity contribution in [2.45, 2.75) is 120 Å². The molecule has 4 aliphatic rings. The first-order chi connectivity index (χ1) is 23.7. The van der Waals surface area contributed by atoms with Crippen LogP contribution in [0.1, 0.15) is 113 Å². The van der Waals surface area contributed by atoms with E-state index in [0.29, 0.717) is 31.1 Å². The predicted molar refractivity (Wildman–Crippen MR) is 192 cm³/mol. The molecule has 49 heavy (non-hydrogen) atoms. The number of carbonyl (C=O) groups is 1. The fourth-order valence-electron chi connectivity index (χ4n) is 8.41. The summed E-state index contributed by atoms with van der Waals surface area (Å²) in [7, 11) is 0. The summed E-state index contributed by atoms with van der Waals surface area (Å²) in [6.45, 7) is 0.903. The van der Waals surface area contributed by atoms with E-state index in [4.69, 9.17) is 21.2 Å². The number of aryl methyl sites for hydroxylation is 1. The van der Waals surface area contributed by atoms with Crippen LogP contribution in [-0.2, 0) is 16.6 Å². The lowest BCUT2D eigenvalue weighted by atomic mass is 9.71. The quantitative estimate of drug-likeness (QED) is 0.135. The molecular formula is C40H54N4O5. The van der Waals surface area contributed by atoms with Gasteiger partial charge in [0.1, 0.15) is 5.78 Å². The number of phenols is 1. The standard InChI is InChI=1S/C40H54N4O5/c41-39(42)29-9-6-10-30(20-29)40(17-4-5-18-40)35-23-43-36-25-44(24-34(35)36)26-49-38-19-28(13-16-37(38)48)12-15-32(46)22-33(47)21-31(45)14-11-27-7-2-1-3-8-27/h6,9-10,13,16,19-20,23,25,27,31,33,39,45,47-48H,1-5,7-8,11-12,14-15,17-18,21-22,24,26,41-42H2. The van der Waals surface area contributed by atoms with Crippen molar-refractivity contribution in [2.24, 2.45) is 22.4 Å². The van der Waals surface area contributed by atoms with Gasteiger partial charge in [-0.2, -0.15) is 0 Å². The highest BCUT2D eigenvalue weighted by atomic mass is 16.5. The third kappa shape index (κ3) is 8.63. The van der Waals surface area contributed by atoms with Crippen molar-refractivity contribution in [2.75, 3.05) is 13.3 Å². The van der Waals surface area contributed by atoms with Gasteiger partial charge in [-0.25, -0.2) is 0 Å². The number of allylic oxidation sites excluding steroid dienone is 1. The Kier molecular flexibility index (Phi) is 11.6. The van der Waals surface area contributed by atoms with E-state index in [0.717, 1.165) is 48.9 Å². The van der Waals surface area contributed by atoms with Gasteiger partial charge in [-0.05, 0) is 78.8 Å². The van der Waals surface area contributed by atoms with Crippen LogP contribution in [0, 0.1) is 5.92 Å². The molecule has 9 heteroatoms. The summed E-state index contributed by atoms with van der Waals surface area (Å²) < 4.78 is 6.10. The minimum absolute atomic E-state index is 0.0408. The Bertz CT molecular complexity index is 1550. The van der Waals surface area contributed by atoms with Crippen molar-refractivity contribution in [1.29, 1.82) is 0 Å². The van der Waals surface area contributed by atoms with Crippen LogP contribution in [0.25, 0.3) is 0 Å². The second kappa shape index (κ2) is 16.0. The Morgan fingerprint density at radius 1 is 1.02 bits per heavy atom. The summed E-state index contributed by atoms with van der Waals surface area (Å²) in [6.07, 6.45) is 15.6. The molecule has 0 saturated heterocycles. The van der Waals surface area contributed by atoms with Gasteiger partial charge in [0.2, 0.25) is 0 Å². The minimum atomic E-state index is -0.834. The number of phenolic OH excluding ortho intramolecular Hbond substituents is 1. The van der Waals surface area contributed by atoms with E-state index < -0.39 is 18.4 Å². The number of carbonyl (C=O) groups excluding carboxylic acids is 1. The molecule has 2 aromatic rings. The van der Waals surface area contributed by atoms with Crippen LogP contribution in [0.2, 0.25) is 0 Å². The lowest BCUT2D eigenvalue weighted by Crippen LogP contribution is -2.29. The lowest BCUT2D eigenvalue weighted by Gasteiger charge is -2.32. The summed E-state index contributed by atoms with van der Waals surface area (Å²) in [4.78, 5) is 19.5. The molecule has 6 rings (SSSR count). The molecule has 2 aromatic carbocycles. The van der Waals surface area contributed by atoms with Crippen LogP contribution in [0.3, 0.4) is 0 Å². The minimum Gasteiger partial charge on any atom is -0.504 e. The van der Waals surface area contributed by atoms with Gasteiger partial charge in [0, 0.05) is 42.8 Å². The number of fused-ring (bicyclic) bond motifs is 1. The zero-order valence-electron chi connectivity index (χ0n) is 28.7. The van der Waals surface area contributed by atoms with Crippen LogP contribution >= 0.6 is 0 Å². The Morgan fingerprint density at radius 2 is 1.82 bits per heavy atom. The molecule has 2 aliphatic heterocycles. The number of ketones is 1. The summed E-state index contributed by atoms with van der Waals surface area (Å²) in [5, 5.41) is 31.4. The van der Waals surface area contributed by atoms with E-state index in [-0.39, 0.29) is 42.9 Å². The van der Waals surface area contributed by atoms with E-state index in [2.05, 4.69) is 17.0 Å². The molecule has 0 amide bonds. The van der Waals surface area contributed by atoms with E-state index in [9.17, 15) is 20.1 Å². The summed E-state index contributed by atoms with van der Waals surface area (Å²) >= 11 is 0. The second-order valence-electron chi connectivity index (χ2n) is 14.8. The highest BCUT2D eigenvalue weighted by Gasteiger charge is 2.43. The number of nitrogens with two attached hydrogens (primary N) is 2. The zero-order chi connectivity index (χ0) is 34.4. The van der Waals surface area contributed by atoms with Gasteiger partial charge in [0.25, 0.3) is 0 Å². The van der Waals surface area contributed by atoms with Crippen LogP contribution < -0.4 is 16.2 Å². The Balaban J connectivity index is 1.00. The van der Waals surface area contributed by atoms with Gasteiger partial charge in [-0.3, -0.25) is 9.79 Å². The van der Waals surface area contributed by atoms with Crippen LogP contribution in [0.15, 0.2) is 70.5 Å². The number of aliphatic hydroxyl groups is 2. The SMILES string of the molecule is NC(N)c1cccc(C2(C3=C4CN(COc5cc(CCC(=O)CC(O)CC(O)CCC6CCCCC6)ccc5O)C=C4N=C3)CCCC2)c1. The Morgan fingerprint density at radius 3 is 2.59 bits per heavy atom. The molecule has 2 heterocycles. The third-order valence-electron chi connectivity index (χ3n) is 11.2. The van der Waals surface area contributed by atoms with Gasteiger partial charge >= 0.3 is 0 Å². The fourth-order valence-corrected chi connectivity index (χ4v) is 8.41. The van der Waals surface area contributed by atoms with Gasteiger partial charge in [0.15, 0.2) is 18.2 Å². The van der Waals surface area contributed by atoms with E-state index >= 15 is 0 Å². The number of aliphatic hydroxyl groups excluding tert-OH is 2. The molecule has 0 spiro atoms. The molecule has 2 fully saturated rings. The number of ether oxygens (including phenoxy) is 1. The van der Waals surface area contributed by atoms with E-state index in [1.165, 1.54) is 48.8 Å². The molecule has 0 radical (unpaired) electrons. The number of benzene rings is 2. The van der Waals surface area contributed by atoms with Crippen molar-refractivity contribution in [1.82, 2.24) is 4.90 Å². The molecule has 2 unspecified atom stereocenters. The molecule has 264 valence electrons. The highest BCUT2D eigenvalue weighted by Crippen LogP contribution is 2.50. The monoisotopic (exact) mass is 670 g/mol. The first-order valence-electron chi connectivity index (χ1n) is 18.4. The number of aromatic hydroxyl groups is 1. The molecule has 2 saturated carbocycles. The largest absolute Gasteiger partial charge is 0.504 e. The Labute approximate surface area is 290 Å². The second-order valence-corrected chi connectivity index (χ2v) is 14.8. The molecule has 2 aliphatic carbocycles. The fraction of sp³-hybridized carbons (Fsp3) is 0.550. The van der Waals surface area contributed by atoms with Gasteiger partial charge < -0.3 is 36.4 Å². The average Bonchev–Trinajstić information content (AvgIpc) is 3.84. The summed E-state index contributed by atoms with van der Waals surface area (Å²) in [5.41, 5.74) is 18.4. The smallest absolute Gasteiger partial charge is 0.163 e. The molecule has 7 N–H and O–H groups in total. The first kappa shape index (κ1) is 35.3. The number of aliphatic imine (C=N–C) groups is 1. The van der Waals surface area contributed by atoms with E-state index in [1.54, 1.807) is 18.2 Å². The highest BCUT2D eigenvalue weighted by molar-refractivity contribution is 5.90.